The predicted molar refractivity (Wildman–Crippen MR) is 66.5 cm³/mol. The number of anilines is 1. The zero-order valence-corrected chi connectivity index (χ0v) is 9.98. The maximum absolute atomic E-state index is 11.9. The standard InChI is InChI=1S/C12H10N2O2S/c1-14(8-15)10-4-2-9(3-5-10)12(16)11-6-17-7-13-11/h2-8H,1H3. The molecule has 0 aliphatic heterocycles. The van der Waals surface area contributed by atoms with Gasteiger partial charge in [-0.25, -0.2) is 4.98 Å². The Morgan fingerprint density at radius 1 is 1.35 bits per heavy atom. The molecule has 2 rings (SSSR count). The predicted octanol–water partition coefficient (Wildman–Crippen LogP) is 1.97. The van der Waals surface area contributed by atoms with Crippen LogP contribution >= 0.6 is 11.3 Å². The Morgan fingerprint density at radius 2 is 2.06 bits per heavy atom. The number of aromatic nitrogens is 1. The highest BCUT2D eigenvalue weighted by atomic mass is 32.1. The Hall–Kier alpha value is -2.01. The van der Waals surface area contributed by atoms with Gasteiger partial charge in [0.1, 0.15) is 5.69 Å². The quantitative estimate of drug-likeness (QED) is 0.612. The summed E-state index contributed by atoms with van der Waals surface area (Å²) in [5.41, 5.74) is 3.39. The molecule has 1 aromatic carbocycles. The summed E-state index contributed by atoms with van der Waals surface area (Å²) < 4.78 is 0. The summed E-state index contributed by atoms with van der Waals surface area (Å²) in [6, 6.07) is 6.84. The molecule has 0 radical (unpaired) electrons. The zero-order chi connectivity index (χ0) is 12.3. The fourth-order valence-electron chi connectivity index (χ4n) is 1.38. The number of hydrogen-bond donors (Lipinski definition) is 0. The average molecular weight is 246 g/mol. The molecular formula is C12H10N2O2S. The van der Waals surface area contributed by atoms with E-state index in [1.54, 1.807) is 42.2 Å². The maximum atomic E-state index is 11.9. The van der Waals surface area contributed by atoms with Crippen LogP contribution in [0.3, 0.4) is 0 Å². The normalized spacial score (nSPS) is 9.94. The molecule has 5 heteroatoms. The summed E-state index contributed by atoms with van der Waals surface area (Å²) in [6.45, 7) is 0. The minimum absolute atomic E-state index is 0.105. The van der Waals surface area contributed by atoms with Gasteiger partial charge in [0.2, 0.25) is 12.2 Å². The number of carbonyl (C=O) groups is 2. The minimum atomic E-state index is -0.105. The summed E-state index contributed by atoms with van der Waals surface area (Å²) in [5, 5.41) is 1.72. The second-order valence-corrected chi connectivity index (χ2v) is 4.18. The second-order valence-electron chi connectivity index (χ2n) is 3.47. The van der Waals surface area contributed by atoms with Crippen LogP contribution in [-0.4, -0.2) is 24.2 Å². The first-order valence-electron chi connectivity index (χ1n) is 4.93. The van der Waals surface area contributed by atoms with Crippen LogP contribution in [0.5, 0.6) is 0 Å². The lowest BCUT2D eigenvalue weighted by Crippen LogP contribution is -2.13. The molecule has 86 valence electrons. The van der Waals surface area contributed by atoms with Gasteiger partial charge in [-0.15, -0.1) is 11.3 Å². The van der Waals surface area contributed by atoms with Gasteiger partial charge in [0.15, 0.2) is 0 Å². The number of carbonyl (C=O) groups excluding carboxylic acids is 2. The van der Waals surface area contributed by atoms with Crippen LogP contribution in [-0.2, 0) is 4.79 Å². The van der Waals surface area contributed by atoms with Gasteiger partial charge in [0, 0.05) is 23.7 Å². The highest BCUT2D eigenvalue weighted by Crippen LogP contribution is 2.15. The van der Waals surface area contributed by atoms with Crippen molar-refractivity contribution in [1.82, 2.24) is 4.98 Å². The van der Waals surface area contributed by atoms with Crippen LogP contribution in [0.2, 0.25) is 0 Å². The van der Waals surface area contributed by atoms with Crippen molar-refractivity contribution in [1.29, 1.82) is 0 Å². The van der Waals surface area contributed by atoms with Gasteiger partial charge in [-0.1, -0.05) is 0 Å². The SMILES string of the molecule is CN(C=O)c1ccc(C(=O)c2cscn2)cc1. The van der Waals surface area contributed by atoms with Crippen LogP contribution in [0.1, 0.15) is 16.1 Å². The molecule has 0 bridgehead atoms. The highest BCUT2D eigenvalue weighted by Gasteiger charge is 2.10. The molecule has 0 atom stereocenters. The maximum Gasteiger partial charge on any atom is 0.213 e. The first kappa shape index (κ1) is 11.5. The van der Waals surface area contributed by atoms with Crippen molar-refractivity contribution in [2.75, 3.05) is 11.9 Å². The van der Waals surface area contributed by atoms with Gasteiger partial charge < -0.3 is 4.90 Å². The molecule has 0 fully saturated rings. The van der Waals surface area contributed by atoms with E-state index in [4.69, 9.17) is 0 Å². The topological polar surface area (TPSA) is 50.3 Å². The summed E-state index contributed by atoms with van der Waals surface area (Å²) in [5.74, 6) is -0.105. The first-order chi connectivity index (χ1) is 8.22. The molecule has 0 spiro atoms. The fraction of sp³-hybridized carbons (Fsp3) is 0.0833. The third-order valence-electron chi connectivity index (χ3n) is 2.36. The number of thiazole rings is 1. The molecule has 0 saturated heterocycles. The number of nitrogens with zero attached hydrogens (tertiary/aromatic N) is 2. The van der Waals surface area contributed by atoms with E-state index in [2.05, 4.69) is 4.98 Å². The van der Waals surface area contributed by atoms with Crippen molar-refractivity contribution in [2.45, 2.75) is 0 Å². The van der Waals surface area contributed by atoms with E-state index in [1.165, 1.54) is 16.2 Å². The van der Waals surface area contributed by atoms with E-state index in [0.29, 0.717) is 11.3 Å². The van der Waals surface area contributed by atoms with Gasteiger partial charge in [-0.2, -0.15) is 0 Å². The molecule has 17 heavy (non-hydrogen) atoms. The lowest BCUT2D eigenvalue weighted by Gasteiger charge is -2.10. The lowest BCUT2D eigenvalue weighted by molar-refractivity contribution is -0.107. The molecular weight excluding hydrogens is 236 g/mol. The van der Waals surface area contributed by atoms with E-state index in [-0.39, 0.29) is 5.78 Å². The van der Waals surface area contributed by atoms with E-state index in [9.17, 15) is 9.59 Å². The fourth-order valence-corrected chi connectivity index (χ4v) is 1.91. The summed E-state index contributed by atoms with van der Waals surface area (Å²) in [7, 11) is 1.66. The Kier molecular flexibility index (Phi) is 3.30. The molecule has 0 aliphatic rings. The number of amides is 1. The van der Waals surface area contributed by atoms with Crippen molar-refractivity contribution >= 4 is 29.2 Å². The summed E-state index contributed by atoms with van der Waals surface area (Å²) in [4.78, 5) is 27.9. The summed E-state index contributed by atoms with van der Waals surface area (Å²) >= 11 is 1.39. The van der Waals surface area contributed by atoms with E-state index in [0.717, 1.165) is 12.1 Å². The second kappa shape index (κ2) is 4.88. The Morgan fingerprint density at radius 3 is 2.59 bits per heavy atom. The molecule has 0 saturated carbocycles. The number of rotatable bonds is 4. The Labute approximate surface area is 103 Å². The van der Waals surface area contributed by atoms with Crippen LogP contribution in [0.4, 0.5) is 5.69 Å². The average Bonchev–Trinajstić information content (AvgIpc) is 2.91. The molecule has 1 aromatic heterocycles. The van der Waals surface area contributed by atoms with Crippen LogP contribution < -0.4 is 4.90 Å². The van der Waals surface area contributed by atoms with Gasteiger partial charge in [0.25, 0.3) is 0 Å². The van der Waals surface area contributed by atoms with Crippen LogP contribution in [0, 0.1) is 0 Å². The van der Waals surface area contributed by atoms with E-state index < -0.39 is 0 Å². The first-order valence-corrected chi connectivity index (χ1v) is 5.87. The zero-order valence-electron chi connectivity index (χ0n) is 9.16. The van der Waals surface area contributed by atoms with Crippen molar-refractivity contribution in [2.24, 2.45) is 0 Å². The summed E-state index contributed by atoms with van der Waals surface area (Å²) in [6.07, 6.45) is 0.720. The van der Waals surface area contributed by atoms with Crippen LogP contribution in [0.15, 0.2) is 35.2 Å². The van der Waals surface area contributed by atoms with Crippen LogP contribution in [0.25, 0.3) is 0 Å². The van der Waals surface area contributed by atoms with Crippen molar-refractivity contribution in [3.8, 4) is 0 Å². The van der Waals surface area contributed by atoms with Gasteiger partial charge >= 0.3 is 0 Å². The number of ketones is 1. The number of benzene rings is 1. The Bertz CT molecular complexity index is 520. The lowest BCUT2D eigenvalue weighted by atomic mass is 10.1. The van der Waals surface area contributed by atoms with E-state index >= 15 is 0 Å². The van der Waals surface area contributed by atoms with Crippen molar-refractivity contribution < 1.29 is 9.59 Å². The smallest absolute Gasteiger partial charge is 0.213 e. The Balaban J connectivity index is 2.24. The number of hydrogen-bond acceptors (Lipinski definition) is 4. The van der Waals surface area contributed by atoms with Gasteiger partial charge in [-0.05, 0) is 24.3 Å². The monoisotopic (exact) mass is 246 g/mol. The molecule has 4 nitrogen and oxygen atoms in total. The van der Waals surface area contributed by atoms with E-state index in [1.807, 2.05) is 0 Å². The molecule has 1 heterocycles. The third-order valence-corrected chi connectivity index (χ3v) is 2.95. The highest BCUT2D eigenvalue weighted by molar-refractivity contribution is 7.07. The van der Waals surface area contributed by atoms with Crippen molar-refractivity contribution in [3.63, 3.8) is 0 Å². The molecule has 0 N–H and O–H groups in total. The largest absolute Gasteiger partial charge is 0.318 e. The minimum Gasteiger partial charge on any atom is -0.318 e. The third kappa shape index (κ3) is 2.39. The molecule has 0 aliphatic carbocycles. The molecule has 1 amide bonds. The molecule has 0 unspecified atom stereocenters. The van der Waals surface area contributed by atoms with Gasteiger partial charge in [-0.3, -0.25) is 9.59 Å². The molecule has 2 aromatic rings. The van der Waals surface area contributed by atoms with Crippen molar-refractivity contribution in [3.05, 3.63) is 46.4 Å². The van der Waals surface area contributed by atoms with Gasteiger partial charge in [0.05, 0.1) is 5.51 Å².